The Balaban J connectivity index is 2.08. The van der Waals surface area contributed by atoms with E-state index in [0.29, 0.717) is 0 Å². The number of alkyl halides is 3. The van der Waals surface area contributed by atoms with E-state index in [4.69, 9.17) is 0 Å². The van der Waals surface area contributed by atoms with Crippen LogP contribution in [0.25, 0.3) is 0 Å². The highest BCUT2D eigenvalue weighted by atomic mass is 19.4. The van der Waals surface area contributed by atoms with Crippen molar-refractivity contribution >= 4 is 17.8 Å². The van der Waals surface area contributed by atoms with Gasteiger partial charge in [-0.3, -0.25) is 20.2 Å². The smallest absolute Gasteiger partial charge is 0.422 e. The second-order valence-corrected chi connectivity index (χ2v) is 3.93. The Morgan fingerprint density at radius 1 is 1.48 bits per heavy atom. The summed E-state index contributed by atoms with van der Waals surface area (Å²) < 4.78 is 40.9. The molecular weight excluding hydrogens is 293 g/mol. The highest BCUT2D eigenvalue weighted by molar-refractivity contribution is 6.12. The SMILES string of the molecule is O=C1CN=C(NC(=O)c2cccnc2OCC(F)(F)F)N1. The lowest BCUT2D eigenvalue weighted by Gasteiger charge is -2.11. The zero-order valence-corrected chi connectivity index (χ0v) is 10.4. The van der Waals surface area contributed by atoms with Crippen LogP contribution < -0.4 is 15.4 Å². The van der Waals surface area contributed by atoms with Gasteiger partial charge in [0.2, 0.25) is 17.7 Å². The highest BCUT2D eigenvalue weighted by Gasteiger charge is 2.30. The fraction of sp³-hybridized carbons (Fsp3) is 0.273. The average Bonchev–Trinajstić information content (AvgIpc) is 2.81. The number of ether oxygens (including phenoxy) is 1. The number of carbonyl (C=O) groups excluding carboxylic acids is 2. The van der Waals surface area contributed by atoms with Crippen molar-refractivity contribution in [3.63, 3.8) is 0 Å². The molecule has 1 aliphatic heterocycles. The fourth-order valence-electron chi connectivity index (χ4n) is 1.44. The van der Waals surface area contributed by atoms with Crippen LogP contribution >= 0.6 is 0 Å². The number of hydrogen-bond donors (Lipinski definition) is 2. The molecule has 0 bridgehead atoms. The molecule has 0 saturated heterocycles. The van der Waals surface area contributed by atoms with Crippen molar-refractivity contribution in [1.82, 2.24) is 15.6 Å². The first-order chi connectivity index (χ1) is 9.85. The van der Waals surface area contributed by atoms with Crippen molar-refractivity contribution in [1.29, 1.82) is 0 Å². The summed E-state index contributed by atoms with van der Waals surface area (Å²) in [6.07, 6.45) is -3.36. The Morgan fingerprint density at radius 3 is 2.86 bits per heavy atom. The molecule has 2 heterocycles. The summed E-state index contributed by atoms with van der Waals surface area (Å²) in [5.41, 5.74) is -0.203. The average molecular weight is 302 g/mol. The van der Waals surface area contributed by atoms with Crippen LogP contribution in [-0.2, 0) is 4.79 Å². The summed E-state index contributed by atoms with van der Waals surface area (Å²) in [4.78, 5) is 30.1. The fourth-order valence-corrected chi connectivity index (χ4v) is 1.44. The van der Waals surface area contributed by atoms with Crippen LogP contribution in [0.1, 0.15) is 10.4 Å². The number of carbonyl (C=O) groups is 2. The van der Waals surface area contributed by atoms with Crippen molar-refractivity contribution in [2.24, 2.45) is 4.99 Å². The second-order valence-electron chi connectivity index (χ2n) is 3.93. The minimum Gasteiger partial charge on any atom is -0.467 e. The molecule has 2 rings (SSSR count). The normalized spacial score (nSPS) is 14.4. The maximum atomic E-state index is 12.1. The largest absolute Gasteiger partial charge is 0.467 e. The number of amides is 2. The van der Waals surface area contributed by atoms with E-state index in [9.17, 15) is 22.8 Å². The number of halogens is 3. The van der Waals surface area contributed by atoms with Gasteiger partial charge in [-0.15, -0.1) is 0 Å². The Hall–Kier alpha value is -2.65. The van der Waals surface area contributed by atoms with Crippen molar-refractivity contribution < 1.29 is 27.5 Å². The van der Waals surface area contributed by atoms with Gasteiger partial charge in [0.25, 0.3) is 5.91 Å². The van der Waals surface area contributed by atoms with Crippen molar-refractivity contribution in [3.05, 3.63) is 23.9 Å². The topological polar surface area (TPSA) is 92.7 Å². The minimum absolute atomic E-state index is 0.0735. The number of nitrogens with zero attached hydrogens (tertiary/aromatic N) is 2. The first kappa shape index (κ1) is 14.8. The molecule has 10 heteroatoms. The van der Waals surface area contributed by atoms with E-state index < -0.39 is 30.5 Å². The molecule has 0 atom stereocenters. The monoisotopic (exact) mass is 302 g/mol. The molecule has 2 N–H and O–H groups in total. The number of nitrogens with one attached hydrogen (secondary N) is 2. The third-order valence-corrected chi connectivity index (χ3v) is 2.26. The molecule has 0 aromatic carbocycles. The van der Waals surface area contributed by atoms with Gasteiger partial charge >= 0.3 is 6.18 Å². The first-order valence-corrected chi connectivity index (χ1v) is 5.65. The van der Waals surface area contributed by atoms with Gasteiger partial charge < -0.3 is 4.74 Å². The predicted molar refractivity (Wildman–Crippen MR) is 63.7 cm³/mol. The van der Waals surface area contributed by atoms with Crippen LogP contribution in [0.5, 0.6) is 5.88 Å². The molecule has 0 saturated carbocycles. The standard InChI is InChI=1S/C11H9F3N4O3/c12-11(13,14)5-21-9-6(2-1-3-15-9)8(20)18-10-16-4-7(19)17-10/h1-3H,4-5H2,(H2,16,17,18,19,20). The molecule has 2 amide bonds. The number of hydrogen-bond acceptors (Lipinski definition) is 5. The summed E-state index contributed by atoms with van der Waals surface area (Å²) in [6, 6.07) is 2.61. The van der Waals surface area contributed by atoms with Gasteiger partial charge in [-0.25, -0.2) is 9.98 Å². The van der Waals surface area contributed by atoms with E-state index in [1.807, 2.05) is 0 Å². The zero-order valence-electron chi connectivity index (χ0n) is 10.4. The molecule has 112 valence electrons. The lowest BCUT2D eigenvalue weighted by molar-refractivity contribution is -0.154. The van der Waals surface area contributed by atoms with Gasteiger partial charge in [-0.05, 0) is 12.1 Å². The molecule has 7 nitrogen and oxygen atoms in total. The van der Waals surface area contributed by atoms with Gasteiger partial charge in [0, 0.05) is 6.20 Å². The number of aromatic nitrogens is 1. The summed E-state index contributed by atoms with van der Waals surface area (Å²) in [5, 5.41) is 4.51. The van der Waals surface area contributed by atoms with E-state index in [0.717, 1.165) is 0 Å². The Kier molecular flexibility index (Phi) is 4.05. The third-order valence-electron chi connectivity index (χ3n) is 2.26. The van der Waals surface area contributed by atoms with Crippen molar-refractivity contribution in [3.8, 4) is 5.88 Å². The second kappa shape index (κ2) is 5.77. The van der Waals surface area contributed by atoms with Crippen molar-refractivity contribution in [2.75, 3.05) is 13.2 Å². The van der Waals surface area contributed by atoms with Crippen LogP contribution in [0.2, 0.25) is 0 Å². The number of pyridine rings is 1. The first-order valence-electron chi connectivity index (χ1n) is 5.65. The molecule has 0 unspecified atom stereocenters. The van der Waals surface area contributed by atoms with Crippen LogP contribution in [-0.4, -0.2) is 42.1 Å². The minimum atomic E-state index is -4.55. The van der Waals surface area contributed by atoms with Gasteiger partial charge in [-0.2, -0.15) is 13.2 Å². The molecule has 0 spiro atoms. The molecule has 1 aliphatic rings. The molecule has 1 aromatic heterocycles. The van der Waals surface area contributed by atoms with Gasteiger partial charge in [0.15, 0.2) is 6.61 Å². The highest BCUT2D eigenvalue weighted by Crippen LogP contribution is 2.19. The van der Waals surface area contributed by atoms with Crippen LogP contribution in [0.15, 0.2) is 23.3 Å². The Morgan fingerprint density at radius 2 is 2.24 bits per heavy atom. The quantitative estimate of drug-likeness (QED) is 0.836. The summed E-state index contributed by atoms with van der Waals surface area (Å²) in [7, 11) is 0. The lowest BCUT2D eigenvalue weighted by atomic mass is 10.2. The van der Waals surface area contributed by atoms with Crippen molar-refractivity contribution in [2.45, 2.75) is 6.18 Å². The number of guanidine groups is 1. The third kappa shape index (κ3) is 4.16. The number of rotatable bonds is 3. The maximum absolute atomic E-state index is 12.1. The van der Waals surface area contributed by atoms with Gasteiger partial charge in [0.1, 0.15) is 12.1 Å². The van der Waals surface area contributed by atoms with Crippen LogP contribution in [0, 0.1) is 0 Å². The van der Waals surface area contributed by atoms with E-state index in [-0.39, 0.29) is 18.1 Å². The summed E-state index contributed by atoms with van der Waals surface area (Å²) in [6.45, 7) is -1.69. The summed E-state index contributed by atoms with van der Waals surface area (Å²) in [5.74, 6) is -1.72. The number of aliphatic imine (C=N–C) groups is 1. The van der Waals surface area contributed by atoms with E-state index >= 15 is 0 Å². The van der Waals surface area contributed by atoms with E-state index in [2.05, 4.69) is 25.3 Å². The van der Waals surface area contributed by atoms with E-state index in [1.165, 1.54) is 18.3 Å². The molecule has 0 aliphatic carbocycles. The molecule has 1 aromatic rings. The van der Waals surface area contributed by atoms with Crippen LogP contribution in [0.3, 0.4) is 0 Å². The maximum Gasteiger partial charge on any atom is 0.422 e. The predicted octanol–water partition coefficient (Wildman–Crippen LogP) is 0.238. The molecule has 0 fully saturated rings. The summed E-state index contributed by atoms with van der Waals surface area (Å²) >= 11 is 0. The van der Waals surface area contributed by atoms with E-state index in [1.54, 1.807) is 0 Å². The van der Waals surface area contributed by atoms with Crippen LogP contribution in [0.4, 0.5) is 13.2 Å². The van der Waals surface area contributed by atoms with Gasteiger partial charge in [-0.1, -0.05) is 0 Å². The van der Waals surface area contributed by atoms with Gasteiger partial charge in [0.05, 0.1) is 0 Å². The molecule has 0 radical (unpaired) electrons. The zero-order chi connectivity index (χ0) is 15.5. The Labute approximate surface area is 116 Å². The Bertz CT molecular complexity index is 601. The lowest BCUT2D eigenvalue weighted by Crippen LogP contribution is -2.40. The molecular formula is C11H9F3N4O3. The molecule has 21 heavy (non-hydrogen) atoms.